The number of hydrogen-bond donors (Lipinski definition) is 0. The molecule has 0 spiro atoms. The molecule has 0 saturated heterocycles. The smallest absolute Gasteiger partial charge is 0.374 e. The van der Waals surface area contributed by atoms with E-state index in [0.29, 0.717) is 0 Å². The van der Waals surface area contributed by atoms with Gasteiger partial charge < -0.3 is 13.8 Å². The van der Waals surface area contributed by atoms with Crippen molar-refractivity contribution in [3.05, 3.63) is 12.2 Å². The molecule has 0 aliphatic heterocycles. The molecule has 0 rings (SSSR count). The highest BCUT2D eigenvalue weighted by molar-refractivity contribution is 7.54. The second kappa shape index (κ2) is 7.60. The molecule has 94 valence electrons. The molecule has 0 aliphatic carbocycles. The molecule has 0 aliphatic rings. The fourth-order valence-electron chi connectivity index (χ4n) is 1.09. The molecule has 0 aromatic carbocycles. The molecule has 0 N–H and O–H groups in total. The fraction of sp³-hybridized carbons (Fsp3) is 0.700. The van der Waals surface area contributed by atoms with E-state index in [1.165, 1.54) is 13.0 Å². The lowest BCUT2D eigenvalue weighted by Gasteiger charge is -2.23. The first kappa shape index (κ1) is 15.4. The van der Waals surface area contributed by atoms with Gasteiger partial charge in [-0.2, -0.15) is 0 Å². The topological polar surface area (TPSA) is 61.8 Å². The molecule has 0 radical (unpaired) electrons. The summed E-state index contributed by atoms with van der Waals surface area (Å²) >= 11 is 0. The number of ether oxygens (including phenoxy) is 1. The van der Waals surface area contributed by atoms with Crippen LogP contribution in [-0.4, -0.2) is 25.0 Å². The lowest BCUT2D eigenvalue weighted by atomic mass is 10.5. The van der Waals surface area contributed by atoms with Crippen molar-refractivity contribution in [3.8, 4) is 0 Å². The maximum Gasteiger partial charge on any atom is 0.374 e. The summed E-state index contributed by atoms with van der Waals surface area (Å²) in [5, 5.41) is 0. The van der Waals surface area contributed by atoms with Gasteiger partial charge in [0.15, 0.2) is 0 Å². The van der Waals surface area contributed by atoms with Crippen LogP contribution in [-0.2, 0) is 23.1 Å². The van der Waals surface area contributed by atoms with Gasteiger partial charge in [-0.15, -0.1) is 0 Å². The van der Waals surface area contributed by atoms with E-state index in [-0.39, 0.29) is 13.2 Å². The number of esters is 1. The molecule has 0 amide bonds. The third kappa shape index (κ3) is 4.92. The van der Waals surface area contributed by atoms with Crippen LogP contribution in [0.5, 0.6) is 0 Å². The van der Waals surface area contributed by atoms with E-state index in [2.05, 4.69) is 0 Å². The number of hydrogen-bond acceptors (Lipinski definition) is 5. The predicted molar refractivity (Wildman–Crippen MR) is 61.2 cm³/mol. The minimum Gasteiger partial charge on any atom is -0.445 e. The van der Waals surface area contributed by atoms with E-state index in [1.54, 1.807) is 26.8 Å². The van der Waals surface area contributed by atoms with Crippen molar-refractivity contribution in [2.24, 2.45) is 0 Å². The van der Waals surface area contributed by atoms with Crippen LogP contribution in [0.4, 0.5) is 0 Å². The van der Waals surface area contributed by atoms with E-state index in [0.717, 1.165) is 0 Å². The highest BCUT2D eigenvalue weighted by atomic mass is 31.2. The molecular formula is C10H19O5P. The normalized spacial score (nSPS) is 14.0. The third-order valence-corrected chi connectivity index (χ3v) is 3.71. The Hall–Kier alpha value is -0.640. The van der Waals surface area contributed by atoms with Crippen LogP contribution in [0.15, 0.2) is 12.2 Å². The Morgan fingerprint density at radius 1 is 1.31 bits per heavy atom. The SMILES string of the molecule is CC=CC(OC(C)=O)P(=O)(OCC)OCC. The van der Waals surface area contributed by atoms with Gasteiger partial charge in [-0.25, -0.2) is 0 Å². The number of allylic oxidation sites excluding steroid dienone is 1. The molecule has 0 aromatic heterocycles. The standard InChI is InChI=1S/C10H19O5P/c1-5-8-10(15-9(4)11)16(12,13-6-2)14-7-3/h5,8,10H,6-7H2,1-4H3. The summed E-state index contributed by atoms with van der Waals surface area (Å²) in [5.41, 5.74) is 0. The molecule has 0 bridgehead atoms. The van der Waals surface area contributed by atoms with Crippen LogP contribution in [0.3, 0.4) is 0 Å². The van der Waals surface area contributed by atoms with Gasteiger partial charge in [-0.1, -0.05) is 6.08 Å². The first-order chi connectivity index (χ1) is 7.50. The van der Waals surface area contributed by atoms with E-state index in [1.807, 2.05) is 0 Å². The van der Waals surface area contributed by atoms with Gasteiger partial charge in [-0.3, -0.25) is 9.36 Å². The van der Waals surface area contributed by atoms with E-state index in [4.69, 9.17) is 13.8 Å². The Morgan fingerprint density at radius 2 is 1.81 bits per heavy atom. The average molecular weight is 250 g/mol. The van der Waals surface area contributed by atoms with Crippen molar-refractivity contribution in [1.29, 1.82) is 0 Å². The van der Waals surface area contributed by atoms with Crippen molar-refractivity contribution >= 4 is 13.6 Å². The van der Waals surface area contributed by atoms with Crippen LogP contribution in [0.2, 0.25) is 0 Å². The molecule has 6 heteroatoms. The fourth-order valence-corrected chi connectivity index (χ4v) is 2.84. The monoisotopic (exact) mass is 250 g/mol. The van der Waals surface area contributed by atoms with Crippen molar-refractivity contribution in [2.45, 2.75) is 33.5 Å². The van der Waals surface area contributed by atoms with Gasteiger partial charge in [0.2, 0.25) is 5.85 Å². The summed E-state index contributed by atoms with van der Waals surface area (Å²) < 4.78 is 27.4. The average Bonchev–Trinajstić information content (AvgIpc) is 2.17. The Bertz CT molecular complexity index is 277. The minimum atomic E-state index is -3.43. The highest BCUT2D eigenvalue weighted by Crippen LogP contribution is 2.54. The van der Waals surface area contributed by atoms with Crippen LogP contribution in [0.25, 0.3) is 0 Å². The number of rotatable bonds is 7. The van der Waals surface area contributed by atoms with Crippen molar-refractivity contribution in [2.75, 3.05) is 13.2 Å². The van der Waals surface area contributed by atoms with Gasteiger partial charge in [0.05, 0.1) is 13.2 Å². The second-order valence-electron chi connectivity index (χ2n) is 2.90. The quantitative estimate of drug-likeness (QED) is 0.395. The maximum absolute atomic E-state index is 12.3. The first-order valence-electron chi connectivity index (χ1n) is 5.19. The molecular weight excluding hydrogens is 231 g/mol. The lowest BCUT2D eigenvalue weighted by Crippen LogP contribution is -2.17. The zero-order chi connectivity index (χ0) is 12.6. The molecule has 5 nitrogen and oxygen atoms in total. The molecule has 16 heavy (non-hydrogen) atoms. The third-order valence-electron chi connectivity index (χ3n) is 1.57. The predicted octanol–water partition coefficient (Wildman–Crippen LogP) is 2.72. The Kier molecular flexibility index (Phi) is 7.30. The van der Waals surface area contributed by atoms with Crippen molar-refractivity contribution in [3.63, 3.8) is 0 Å². The molecule has 1 unspecified atom stereocenters. The van der Waals surface area contributed by atoms with E-state index in [9.17, 15) is 9.36 Å². The van der Waals surface area contributed by atoms with Gasteiger partial charge in [0.1, 0.15) is 0 Å². The maximum atomic E-state index is 12.3. The van der Waals surface area contributed by atoms with Gasteiger partial charge >= 0.3 is 13.6 Å². The second-order valence-corrected chi connectivity index (χ2v) is 5.01. The minimum absolute atomic E-state index is 0.229. The number of carbonyl (C=O) groups excluding carboxylic acids is 1. The first-order valence-corrected chi connectivity index (χ1v) is 6.80. The summed E-state index contributed by atoms with van der Waals surface area (Å²) in [6, 6.07) is 0. The number of carbonyl (C=O) groups is 1. The van der Waals surface area contributed by atoms with Crippen molar-refractivity contribution < 1.29 is 23.1 Å². The summed E-state index contributed by atoms with van der Waals surface area (Å²) in [4.78, 5) is 10.9. The summed E-state index contributed by atoms with van der Waals surface area (Å²) in [6.45, 7) is 6.84. The van der Waals surface area contributed by atoms with Crippen LogP contribution in [0.1, 0.15) is 27.7 Å². The molecule has 1 atom stereocenters. The molecule has 0 heterocycles. The highest BCUT2D eigenvalue weighted by Gasteiger charge is 2.36. The van der Waals surface area contributed by atoms with Crippen LogP contribution >= 0.6 is 7.60 Å². The van der Waals surface area contributed by atoms with Crippen LogP contribution < -0.4 is 0 Å². The van der Waals surface area contributed by atoms with E-state index >= 15 is 0 Å². The van der Waals surface area contributed by atoms with Gasteiger partial charge in [-0.05, 0) is 26.8 Å². The Morgan fingerprint density at radius 3 is 2.12 bits per heavy atom. The Balaban J connectivity index is 4.92. The van der Waals surface area contributed by atoms with Crippen LogP contribution in [0, 0.1) is 0 Å². The summed E-state index contributed by atoms with van der Waals surface area (Å²) in [6.07, 6.45) is 3.13. The zero-order valence-electron chi connectivity index (χ0n) is 10.1. The van der Waals surface area contributed by atoms with Gasteiger partial charge in [0, 0.05) is 6.92 Å². The lowest BCUT2D eigenvalue weighted by molar-refractivity contribution is -0.142. The molecule has 0 aromatic rings. The van der Waals surface area contributed by atoms with Crippen molar-refractivity contribution in [1.82, 2.24) is 0 Å². The van der Waals surface area contributed by atoms with Gasteiger partial charge in [0.25, 0.3) is 0 Å². The summed E-state index contributed by atoms with van der Waals surface area (Å²) in [7, 11) is -3.43. The molecule has 0 fully saturated rings. The molecule has 0 saturated carbocycles. The largest absolute Gasteiger partial charge is 0.445 e. The zero-order valence-corrected chi connectivity index (χ0v) is 11.0. The van der Waals surface area contributed by atoms with E-state index < -0.39 is 19.4 Å². The Labute approximate surface area is 96.3 Å². The summed E-state index contributed by atoms with van der Waals surface area (Å²) in [5.74, 6) is -1.50.